The lowest BCUT2D eigenvalue weighted by Crippen LogP contribution is -2.38. The Morgan fingerprint density at radius 2 is 2.12 bits per heavy atom. The highest BCUT2D eigenvalue weighted by atomic mass is 32.1. The Labute approximate surface area is 151 Å². The van der Waals surface area contributed by atoms with Gasteiger partial charge in [-0.2, -0.15) is 8.75 Å². The molecule has 132 valence electrons. The van der Waals surface area contributed by atoms with Crippen LogP contribution in [0.25, 0.3) is 10.9 Å². The Kier molecular flexibility index (Phi) is 4.85. The van der Waals surface area contributed by atoms with E-state index in [9.17, 15) is 0 Å². The fourth-order valence-corrected chi connectivity index (χ4v) is 3.80. The first-order chi connectivity index (χ1) is 12.3. The third-order valence-electron chi connectivity index (χ3n) is 4.72. The highest BCUT2D eigenvalue weighted by molar-refractivity contribution is 6.99. The molecule has 0 aliphatic carbocycles. The third-order valence-corrected chi connectivity index (χ3v) is 5.19. The van der Waals surface area contributed by atoms with Crippen molar-refractivity contribution >= 4 is 28.4 Å². The maximum absolute atomic E-state index is 6.35. The van der Waals surface area contributed by atoms with E-state index in [0.717, 1.165) is 44.0 Å². The zero-order valence-electron chi connectivity index (χ0n) is 14.3. The van der Waals surface area contributed by atoms with Crippen LogP contribution in [0.3, 0.4) is 0 Å². The van der Waals surface area contributed by atoms with Crippen molar-refractivity contribution in [1.82, 2.24) is 13.3 Å². The van der Waals surface area contributed by atoms with E-state index in [1.165, 1.54) is 22.6 Å². The zero-order chi connectivity index (χ0) is 17.1. The zero-order valence-corrected chi connectivity index (χ0v) is 15.1. The van der Waals surface area contributed by atoms with Crippen molar-refractivity contribution in [3.05, 3.63) is 36.7 Å². The number of ether oxygens (including phenoxy) is 2. The Hall–Kier alpha value is -2.12. The van der Waals surface area contributed by atoms with Gasteiger partial charge in [0, 0.05) is 51.2 Å². The molecule has 0 bridgehead atoms. The molecule has 7 heteroatoms. The van der Waals surface area contributed by atoms with Crippen LogP contribution in [0.2, 0.25) is 0 Å². The number of methoxy groups -OCH3 is 1. The van der Waals surface area contributed by atoms with Crippen LogP contribution < -0.4 is 9.64 Å². The predicted molar refractivity (Wildman–Crippen MR) is 99.6 cm³/mol. The van der Waals surface area contributed by atoms with Crippen molar-refractivity contribution in [1.29, 1.82) is 0 Å². The Morgan fingerprint density at radius 3 is 2.88 bits per heavy atom. The van der Waals surface area contributed by atoms with Crippen LogP contribution in [0.1, 0.15) is 12.8 Å². The number of nitrogens with zero attached hydrogens (tertiary/aromatic N) is 4. The van der Waals surface area contributed by atoms with Crippen molar-refractivity contribution in [2.75, 3.05) is 31.7 Å². The molecule has 0 saturated carbocycles. The van der Waals surface area contributed by atoms with E-state index in [1.54, 1.807) is 7.11 Å². The smallest absolute Gasteiger partial charge is 0.162 e. The number of piperidine rings is 1. The van der Waals surface area contributed by atoms with Gasteiger partial charge >= 0.3 is 0 Å². The number of benzene rings is 1. The minimum Gasteiger partial charge on any atom is -0.490 e. The third kappa shape index (κ3) is 3.48. The Balaban J connectivity index is 1.44. The SMILES string of the molecule is COCCn1ccc2c(OC3CCN(c4cnsn4)CC3)cccc21. The molecule has 1 aliphatic heterocycles. The van der Waals surface area contributed by atoms with E-state index in [-0.39, 0.29) is 6.10 Å². The molecule has 3 aromatic rings. The first-order valence-corrected chi connectivity index (χ1v) is 9.34. The summed E-state index contributed by atoms with van der Waals surface area (Å²) in [5, 5.41) is 1.17. The molecular weight excluding hydrogens is 336 g/mol. The maximum atomic E-state index is 6.35. The van der Waals surface area contributed by atoms with Gasteiger partial charge in [0.25, 0.3) is 0 Å². The van der Waals surface area contributed by atoms with Crippen molar-refractivity contribution in [2.45, 2.75) is 25.5 Å². The summed E-state index contributed by atoms with van der Waals surface area (Å²) in [7, 11) is 1.73. The molecule has 3 heterocycles. The number of aromatic nitrogens is 3. The summed E-state index contributed by atoms with van der Waals surface area (Å²) < 4.78 is 22.2. The van der Waals surface area contributed by atoms with Crippen molar-refractivity contribution in [3.63, 3.8) is 0 Å². The standard InChI is InChI=1S/C18H22N4O2S/c1-23-12-11-21-10-7-15-16(21)3-2-4-17(15)24-14-5-8-22(9-6-14)18-13-19-25-20-18/h2-4,7,10,13-14H,5-6,8-9,11-12H2,1H3. The molecule has 2 aromatic heterocycles. The summed E-state index contributed by atoms with van der Waals surface area (Å²) in [6.45, 7) is 3.48. The van der Waals surface area contributed by atoms with Gasteiger partial charge in [-0.15, -0.1) is 0 Å². The van der Waals surface area contributed by atoms with E-state index in [1.807, 2.05) is 6.20 Å². The van der Waals surface area contributed by atoms with Crippen molar-refractivity contribution in [2.24, 2.45) is 0 Å². The first-order valence-electron chi connectivity index (χ1n) is 8.61. The van der Waals surface area contributed by atoms with Crippen LogP contribution >= 0.6 is 11.7 Å². The van der Waals surface area contributed by atoms with Crippen LogP contribution in [0, 0.1) is 0 Å². The molecule has 25 heavy (non-hydrogen) atoms. The Morgan fingerprint density at radius 1 is 1.24 bits per heavy atom. The van der Waals surface area contributed by atoms with Gasteiger partial charge in [0.05, 0.1) is 30.0 Å². The second kappa shape index (κ2) is 7.41. The van der Waals surface area contributed by atoms with E-state index in [4.69, 9.17) is 9.47 Å². The summed E-state index contributed by atoms with van der Waals surface area (Å²) in [5.74, 6) is 1.96. The van der Waals surface area contributed by atoms with Gasteiger partial charge in [0.1, 0.15) is 11.9 Å². The van der Waals surface area contributed by atoms with Gasteiger partial charge in [-0.3, -0.25) is 0 Å². The number of fused-ring (bicyclic) bond motifs is 1. The molecule has 1 aromatic carbocycles. The summed E-state index contributed by atoms with van der Waals surface area (Å²) in [6.07, 6.45) is 6.19. The highest BCUT2D eigenvalue weighted by Crippen LogP contribution is 2.29. The predicted octanol–water partition coefficient (Wildman–Crippen LogP) is 3.19. The van der Waals surface area contributed by atoms with E-state index >= 15 is 0 Å². The molecule has 0 amide bonds. The molecule has 0 unspecified atom stereocenters. The number of hydrogen-bond acceptors (Lipinski definition) is 6. The quantitative estimate of drug-likeness (QED) is 0.677. The number of hydrogen-bond donors (Lipinski definition) is 0. The molecule has 6 nitrogen and oxygen atoms in total. The maximum Gasteiger partial charge on any atom is 0.162 e. The van der Waals surface area contributed by atoms with Gasteiger partial charge in [0.2, 0.25) is 0 Å². The van der Waals surface area contributed by atoms with Crippen LogP contribution in [-0.4, -0.2) is 46.2 Å². The number of rotatable bonds is 6. The first kappa shape index (κ1) is 16.4. The second-order valence-electron chi connectivity index (χ2n) is 6.26. The lowest BCUT2D eigenvalue weighted by atomic mass is 10.1. The highest BCUT2D eigenvalue weighted by Gasteiger charge is 2.22. The van der Waals surface area contributed by atoms with E-state index in [0.29, 0.717) is 6.61 Å². The van der Waals surface area contributed by atoms with Crippen LogP contribution in [-0.2, 0) is 11.3 Å². The van der Waals surface area contributed by atoms with Gasteiger partial charge in [-0.1, -0.05) is 6.07 Å². The van der Waals surface area contributed by atoms with E-state index < -0.39 is 0 Å². The van der Waals surface area contributed by atoms with E-state index in [2.05, 4.69) is 48.7 Å². The molecule has 1 saturated heterocycles. The average Bonchev–Trinajstić information content (AvgIpc) is 3.31. The fraction of sp³-hybridized carbons (Fsp3) is 0.444. The van der Waals surface area contributed by atoms with Gasteiger partial charge in [-0.05, 0) is 18.2 Å². The largest absolute Gasteiger partial charge is 0.490 e. The summed E-state index contributed by atoms with van der Waals surface area (Å²) in [6, 6.07) is 8.41. The number of anilines is 1. The molecule has 0 spiro atoms. The van der Waals surface area contributed by atoms with Crippen LogP contribution in [0.15, 0.2) is 36.7 Å². The van der Waals surface area contributed by atoms with Crippen molar-refractivity contribution in [3.8, 4) is 5.75 Å². The minimum absolute atomic E-state index is 0.246. The summed E-state index contributed by atoms with van der Waals surface area (Å²) >= 11 is 1.26. The molecule has 0 N–H and O–H groups in total. The van der Waals surface area contributed by atoms with Gasteiger partial charge in [0.15, 0.2) is 5.82 Å². The molecule has 4 rings (SSSR count). The molecule has 1 fully saturated rings. The molecule has 0 radical (unpaired) electrons. The monoisotopic (exact) mass is 358 g/mol. The van der Waals surface area contributed by atoms with Crippen LogP contribution in [0.5, 0.6) is 5.75 Å². The molecular formula is C18H22N4O2S. The second-order valence-corrected chi connectivity index (χ2v) is 6.82. The molecule has 0 atom stereocenters. The summed E-state index contributed by atoms with van der Waals surface area (Å²) in [4.78, 5) is 2.28. The van der Waals surface area contributed by atoms with Gasteiger partial charge < -0.3 is 18.9 Å². The fourth-order valence-electron chi connectivity index (χ4n) is 3.36. The lowest BCUT2D eigenvalue weighted by molar-refractivity contribution is 0.173. The van der Waals surface area contributed by atoms with Crippen LogP contribution in [0.4, 0.5) is 5.82 Å². The molecule has 1 aliphatic rings. The topological polar surface area (TPSA) is 52.4 Å². The normalized spacial score (nSPS) is 15.8. The Bertz CT molecular complexity index is 810. The van der Waals surface area contributed by atoms with Crippen molar-refractivity contribution < 1.29 is 9.47 Å². The lowest BCUT2D eigenvalue weighted by Gasteiger charge is -2.32. The average molecular weight is 358 g/mol. The van der Waals surface area contributed by atoms with Gasteiger partial charge in [-0.25, -0.2) is 0 Å². The minimum atomic E-state index is 0.246. The summed E-state index contributed by atoms with van der Waals surface area (Å²) in [5.41, 5.74) is 1.19.